The normalized spacial score (nSPS) is 19.4. The molecular weight excluding hydrogens is 935 g/mol. The zero-order valence-electron chi connectivity index (χ0n) is 48.5. The van der Waals surface area contributed by atoms with Crippen molar-refractivity contribution in [3.8, 4) is 0 Å². The van der Waals surface area contributed by atoms with Gasteiger partial charge in [0, 0.05) is 6.42 Å². The third kappa shape index (κ3) is 44.2. The summed E-state index contributed by atoms with van der Waals surface area (Å²) >= 11 is 0. The molecule has 1 saturated heterocycles. The second-order valence-electron chi connectivity index (χ2n) is 21.8. The lowest BCUT2D eigenvalue weighted by Crippen LogP contribution is -2.60. The first-order valence-electron chi connectivity index (χ1n) is 31.7. The summed E-state index contributed by atoms with van der Waals surface area (Å²) in [7, 11) is 0. The van der Waals surface area contributed by atoms with E-state index in [2.05, 4.69) is 79.9 Å². The van der Waals surface area contributed by atoms with Gasteiger partial charge in [0.25, 0.3) is 0 Å². The molecule has 0 spiro atoms. The Morgan fingerprint density at radius 3 is 1.28 bits per heavy atom. The molecule has 7 unspecified atom stereocenters. The molecule has 7 atom stereocenters. The van der Waals surface area contributed by atoms with E-state index in [1.807, 2.05) is 6.08 Å². The predicted molar refractivity (Wildman–Crippen MR) is 318 cm³/mol. The Bertz CT molecular complexity index is 1410. The number of rotatable bonds is 54. The summed E-state index contributed by atoms with van der Waals surface area (Å²) in [5, 5.41) is 54.6. The molecule has 0 aromatic carbocycles. The van der Waals surface area contributed by atoms with E-state index in [-0.39, 0.29) is 12.5 Å². The Hall–Kier alpha value is -2.37. The Kier molecular flexibility index (Phi) is 51.8. The second kappa shape index (κ2) is 55.0. The van der Waals surface area contributed by atoms with Gasteiger partial charge in [-0.15, -0.1) is 0 Å². The van der Waals surface area contributed by atoms with Crippen LogP contribution >= 0.6 is 0 Å². The molecule has 1 amide bonds. The van der Waals surface area contributed by atoms with Crippen LogP contribution in [0.3, 0.4) is 0 Å². The van der Waals surface area contributed by atoms with Crippen LogP contribution in [0.5, 0.6) is 0 Å². The van der Waals surface area contributed by atoms with Crippen molar-refractivity contribution in [2.45, 2.75) is 326 Å². The molecular formula is C66H119NO8. The summed E-state index contributed by atoms with van der Waals surface area (Å²) in [5.41, 5.74) is 0. The van der Waals surface area contributed by atoms with Gasteiger partial charge in [0.15, 0.2) is 6.29 Å². The fourth-order valence-corrected chi connectivity index (χ4v) is 9.81. The van der Waals surface area contributed by atoms with Gasteiger partial charge in [-0.05, 0) is 70.6 Å². The van der Waals surface area contributed by atoms with E-state index in [1.54, 1.807) is 6.08 Å². The highest BCUT2D eigenvalue weighted by Gasteiger charge is 2.44. The summed E-state index contributed by atoms with van der Waals surface area (Å²) in [4.78, 5) is 13.1. The molecule has 6 N–H and O–H groups in total. The van der Waals surface area contributed by atoms with Crippen LogP contribution in [0.4, 0.5) is 0 Å². The maximum absolute atomic E-state index is 13.1. The van der Waals surface area contributed by atoms with Gasteiger partial charge in [0.1, 0.15) is 24.4 Å². The summed E-state index contributed by atoms with van der Waals surface area (Å²) in [6.07, 6.45) is 69.8. The van der Waals surface area contributed by atoms with Crippen molar-refractivity contribution in [1.82, 2.24) is 5.32 Å². The maximum Gasteiger partial charge on any atom is 0.220 e. The van der Waals surface area contributed by atoms with E-state index in [4.69, 9.17) is 9.47 Å². The van der Waals surface area contributed by atoms with E-state index in [0.717, 1.165) is 64.2 Å². The molecule has 436 valence electrons. The minimum Gasteiger partial charge on any atom is -0.394 e. The van der Waals surface area contributed by atoms with Crippen molar-refractivity contribution in [2.75, 3.05) is 13.2 Å². The van der Waals surface area contributed by atoms with Gasteiger partial charge in [0.2, 0.25) is 5.91 Å². The summed E-state index contributed by atoms with van der Waals surface area (Å²) in [5.74, 6) is -0.185. The van der Waals surface area contributed by atoms with Gasteiger partial charge in [-0.25, -0.2) is 0 Å². The lowest BCUT2D eigenvalue weighted by Gasteiger charge is -2.40. The van der Waals surface area contributed by atoms with Crippen molar-refractivity contribution in [1.29, 1.82) is 0 Å². The number of nitrogens with one attached hydrogen (secondary N) is 1. The molecule has 0 bridgehead atoms. The molecule has 0 aromatic rings. The number of aliphatic hydroxyl groups excluding tert-OH is 5. The first kappa shape index (κ1) is 70.6. The molecule has 1 rings (SSSR count). The largest absolute Gasteiger partial charge is 0.394 e. The Balaban J connectivity index is 2.19. The average molecular weight is 1050 g/mol. The molecule has 1 aliphatic heterocycles. The molecule has 0 saturated carbocycles. The van der Waals surface area contributed by atoms with Crippen LogP contribution < -0.4 is 5.32 Å². The van der Waals surface area contributed by atoms with Crippen molar-refractivity contribution in [3.05, 3.63) is 72.9 Å². The summed E-state index contributed by atoms with van der Waals surface area (Å²) in [6.45, 7) is 3.68. The first-order chi connectivity index (χ1) is 36.8. The van der Waals surface area contributed by atoms with Crippen LogP contribution in [0.25, 0.3) is 0 Å². The van der Waals surface area contributed by atoms with Crippen molar-refractivity contribution >= 4 is 5.91 Å². The smallest absolute Gasteiger partial charge is 0.220 e. The minimum atomic E-state index is -1.57. The molecule has 1 aliphatic rings. The summed E-state index contributed by atoms with van der Waals surface area (Å²) in [6, 6.07) is -0.825. The number of unbranched alkanes of at least 4 members (excludes halogenated alkanes) is 34. The standard InChI is InChI=1S/C66H119NO8/c1-3-5-7-9-11-13-15-17-19-21-23-25-27-28-29-30-31-32-34-36-38-40-42-44-46-48-50-52-54-56-62(70)67-59(58-74-66-65(73)64(72)63(71)61(57-68)75-66)60(69)55-53-51-49-47-45-43-41-39-37-35-33-26-24-22-20-18-16-14-12-10-8-6-4-2/h5,7,11,13,17,19,23,25,45,47,53,55,59-61,63-66,68-69,71-73H,3-4,6,8-10,12,14-16,18,20-22,24,26-44,46,48-52,54,56-58H2,1-2H3,(H,67,70)/b7-5-,13-11-,19-17-,25-23-,47-45+,55-53+. The Morgan fingerprint density at radius 1 is 0.467 bits per heavy atom. The molecule has 0 aliphatic carbocycles. The minimum absolute atomic E-state index is 0.185. The quantitative estimate of drug-likeness (QED) is 0.0261. The second-order valence-corrected chi connectivity index (χ2v) is 21.8. The fraction of sp³-hybridized carbons (Fsp3) is 0.803. The molecule has 1 heterocycles. The van der Waals surface area contributed by atoms with Gasteiger partial charge < -0.3 is 40.3 Å². The maximum atomic E-state index is 13.1. The highest BCUT2D eigenvalue weighted by Crippen LogP contribution is 2.23. The van der Waals surface area contributed by atoms with Crippen LogP contribution in [0.1, 0.15) is 284 Å². The van der Waals surface area contributed by atoms with Crippen LogP contribution in [-0.4, -0.2) is 87.5 Å². The van der Waals surface area contributed by atoms with Crippen LogP contribution in [0.2, 0.25) is 0 Å². The van der Waals surface area contributed by atoms with Gasteiger partial charge >= 0.3 is 0 Å². The Morgan fingerprint density at radius 2 is 0.840 bits per heavy atom. The Labute approximate surface area is 461 Å². The van der Waals surface area contributed by atoms with E-state index >= 15 is 0 Å². The number of carbonyl (C=O) groups excluding carboxylic acids is 1. The van der Waals surface area contributed by atoms with Crippen LogP contribution in [0, 0.1) is 0 Å². The molecule has 9 nitrogen and oxygen atoms in total. The van der Waals surface area contributed by atoms with Gasteiger partial charge in [-0.2, -0.15) is 0 Å². The van der Waals surface area contributed by atoms with Crippen molar-refractivity contribution < 1.29 is 39.8 Å². The summed E-state index contributed by atoms with van der Waals surface area (Å²) < 4.78 is 11.3. The molecule has 0 aromatic heterocycles. The zero-order chi connectivity index (χ0) is 54.3. The fourth-order valence-electron chi connectivity index (χ4n) is 9.81. The highest BCUT2D eigenvalue weighted by molar-refractivity contribution is 5.76. The molecule has 1 fully saturated rings. The van der Waals surface area contributed by atoms with E-state index in [0.29, 0.717) is 6.42 Å². The first-order valence-corrected chi connectivity index (χ1v) is 31.7. The van der Waals surface area contributed by atoms with Crippen LogP contribution in [0.15, 0.2) is 72.9 Å². The lowest BCUT2D eigenvalue weighted by molar-refractivity contribution is -0.302. The number of aliphatic hydroxyl groups is 5. The predicted octanol–water partition coefficient (Wildman–Crippen LogP) is 16.4. The van der Waals surface area contributed by atoms with Crippen LogP contribution in [-0.2, 0) is 14.3 Å². The van der Waals surface area contributed by atoms with E-state index < -0.39 is 49.5 Å². The van der Waals surface area contributed by atoms with Gasteiger partial charge in [0.05, 0.1) is 25.4 Å². The highest BCUT2D eigenvalue weighted by atomic mass is 16.7. The topological polar surface area (TPSA) is 149 Å². The zero-order valence-corrected chi connectivity index (χ0v) is 48.5. The number of amides is 1. The molecule has 0 radical (unpaired) electrons. The third-order valence-corrected chi connectivity index (χ3v) is 14.8. The van der Waals surface area contributed by atoms with Crippen molar-refractivity contribution in [3.63, 3.8) is 0 Å². The lowest BCUT2D eigenvalue weighted by atomic mass is 9.99. The van der Waals surface area contributed by atoms with Gasteiger partial charge in [-0.3, -0.25) is 4.79 Å². The number of hydrogen-bond acceptors (Lipinski definition) is 8. The SMILES string of the molecule is CC/C=C\C/C=C\C/C=C\C/C=C\CCCCCCCCCCCCCCCCCCC(=O)NC(COC1OC(CO)C(O)C(O)C1O)C(O)/C=C/CC/C=C/CCCCCCCCCCCCCCCCCCC. The van der Waals surface area contributed by atoms with E-state index in [9.17, 15) is 30.3 Å². The van der Waals surface area contributed by atoms with Gasteiger partial charge in [-0.1, -0.05) is 279 Å². The number of ether oxygens (including phenoxy) is 2. The number of allylic oxidation sites excluding steroid dienone is 11. The molecule has 9 heteroatoms. The third-order valence-electron chi connectivity index (χ3n) is 14.8. The number of carbonyl (C=O) groups is 1. The number of hydrogen-bond donors (Lipinski definition) is 6. The van der Waals surface area contributed by atoms with E-state index in [1.165, 1.54) is 199 Å². The average Bonchev–Trinajstić information content (AvgIpc) is 3.41. The molecule has 75 heavy (non-hydrogen) atoms. The monoisotopic (exact) mass is 1050 g/mol. The van der Waals surface area contributed by atoms with Crippen molar-refractivity contribution in [2.24, 2.45) is 0 Å².